The first-order valence-corrected chi connectivity index (χ1v) is 8.78. The van der Waals surface area contributed by atoms with Gasteiger partial charge in [0.15, 0.2) is 0 Å². The Hall–Kier alpha value is -1.69. The molecule has 1 spiro atoms. The van der Waals surface area contributed by atoms with E-state index in [0.717, 1.165) is 63.3 Å². The van der Waals surface area contributed by atoms with E-state index >= 15 is 0 Å². The van der Waals surface area contributed by atoms with Crippen molar-refractivity contribution in [3.63, 3.8) is 0 Å². The van der Waals surface area contributed by atoms with Gasteiger partial charge in [0, 0.05) is 38.0 Å². The molecule has 5 heteroatoms. The van der Waals surface area contributed by atoms with Crippen LogP contribution in [0.25, 0.3) is 11.5 Å². The lowest BCUT2D eigenvalue weighted by atomic mass is 9.84. The Morgan fingerprint density at radius 2 is 1.96 bits per heavy atom. The van der Waals surface area contributed by atoms with Gasteiger partial charge in [-0.15, -0.1) is 0 Å². The van der Waals surface area contributed by atoms with E-state index in [-0.39, 0.29) is 5.60 Å². The van der Waals surface area contributed by atoms with E-state index in [1.54, 1.807) is 6.26 Å². The van der Waals surface area contributed by atoms with E-state index in [4.69, 9.17) is 13.9 Å². The third-order valence-corrected chi connectivity index (χ3v) is 5.04. The average molecular weight is 328 g/mol. The van der Waals surface area contributed by atoms with Gasteiger partial charge < -0.3 is 19.2 Å². The lowest BCUT2D eigenvalue weighted by Crippen LogP contribution is -2.49. The minimum atomic E-state index is 0.0210. The number of nitrogens with one attached hydrogen (secondary N) is 1. The second kappa shape index (κ2) is 7.05. The fraction of sp³-hybridized carbons (Fsp3) is 0.526. The highest BCUT2D eigenvalue weighted by atomic mass is 16.5. The summed E-state index contributed by atoms with van der Waals surface area (Å²) in [7, 11) is 0. The Morgan fingerprint density at radius 3 is 2.79 bits per heavy atom. The number of aromatic nitrogens is 1. The first kappa shape index (κ1) is 15.8. The van der Waals surface area contributed by atoms with Crippen molar-refractivity contribution in [1.29, 1.82) is 0 Å². The largest absolute Gasteiger partial charge is 0.444 e. The van der Waals surface area contributed by atoms with Gasteiger partial charge in [-0.1, -0.05) is 18.2 Å². The van der Waals surface area contributed by atoms with Crippen LogP contribution >= 0.6 is 0 Å². The van der Waals surface area contributed by atoms with E-state index in [2.05, 4.69) is 10.3 Å². The summed E-state index contributed by atoms with van der Waals surface area (Å²) in [5.74, 6) is 0.681. The molecule has 128 valence electrons. The number of hydrogen-bond donors (Lipinski definition) is 1. The molecule has 1 N–H and O–H groups in total. The summed E-state index contributed by atoms with van der Waals surface area (Å²) in [6, 6.07) is 10.5. The van der Waals surface area contributed by atoms with Crippen LogP contribution in [0.15, 0.2) is 41.0 Å². The molecule has 0 bridgehead atoms. The molecule has 0 radical (unpaired) electrons. The van der Waals surface area contributed by atoms with Crippen molar-refractivity contribution in [2.45, 2.75) is 43.9 Å². The molecule has 1 aromatic carbocycles. The van der Waals surface area contributed by atoms with E-state index in [9.17, 15) is 0 Å². The molecule has 2 fully saturated rings. The molecule has 5 nitrogen and oxygen atoms in total. The fourth-order valence-electron chi connectivity index (χ4n) is 3.64. The normalized spacial score (nSPS) is 23.4. The van der Waals surface area contributed by atoms with E-state index in [0.29, 0.717) is 11.9 Å². The average Bonchev–Trinajstić information content (AvgIpc) is 3.11. The maximum Gasteiger partial charge on any atom is 0.226 e. The molecule has 2 aliphatic rings. The van der Waals surface area contributed by atoms with Crippen LogP contribution < -0.4 is 5.32 Å². The van der Waals surface area contributed by atoms with Crippen LogP contribution in [0.5, 0.6) is 0 Å². The quantitative estimate of drug-likeness (QED) is 0.934. The standard InChI is InChI=1S/C19H24N2O3/c1-2-4-15(5-3-1)18-21-17(14-23-18)13-20-16-6-9-24-19(12-16)7-10-22-11-8-19/h1-5,14,16,20H,6-13H2. The highest BCUT2D eigenvalue weighted by Crippen LogP contribution is 2.34. The van der Waals surface area contributed by atoms with Crippen LogP contribution in [0.1, 0.15) is 31.4 Å². The molecule has 1 unspecified atom stereocenters. The zero-order valence-electron chi connectivity index (χ0n) is 13.9. The summed E-state index contributed by atoms with van der Waals surface area (Å²) in [4.78, 5) is 4.59. The Kier molecular flexibility index (Phi) is 4.65. The summed E-state index contributed by atoms with van der Waals surface area (Å²) in [5.41, 5.74) is 1.98. The maximum atomic E-state index is 6.10. The molecule has 2 aromatic rings. The van der Waals surface area contributed by atoms with E-state index < -0.39 is 0 Å². The molecule has 0 amide bonds. The van der Waals surface area contributed by atoms with Gasteiger partial charge in [-0.3, -0.25) is 0 Å². The summed E-state index contributed by atoms with van der Waals surface area (Å²) in [6.07, 6.45) is 5.87. The lowest BCUT2D eigenvalue weighted by Gasteiger charge is -2.43. The SMILES string of the molecule is c1ccc(-c2nc(CNC3CCOC4(CCOCC4)C3)co2)cc1. The third kappa shape index (κ3) is 3.53. The highest BCUT2D eigenvalue weighted by molar-refractivity contribution is 5.52. The number of oxazole rings is 1. The summed E-state index contributed by atoms with van der Waals surface area (Å²) >= 11 is 0. The number of rotatable bonds is 4. The zero-order valence-corrected chi connectivity index (χ0v) is 13.9. The van der Waals surface area contributed by atoms with Gasteiger partial charge in [-0.25, -0.2) is 4.98 Å². The minimum Gasteiger partial charge on any atom is -0.444 e. The van der Waals surface area contributed by atoms with Gasteiger partial charge >= 0.3 is 0 Å². The molecule has 1 atom stereocenters. The summed E-state index contributed by atoms with van der Waals surface area (Å²) in [6.45, 7) is 3.19. The van der Waals surface area contributed by atoms with Crippen molar-refractivity contribution in [1.82, 2.24) is 10.3 Å². The molecular weight excluding hydrogens is 304 g/mol. The molecule has 4 rings (SSSR count). The molecule has 2 saturated heterocycles. The van der Waals surface area contributed by atoms with Crippen LogP contribution in [0.3, 0.4) is 0 Å². The van der Waals surface area contributed by atoms with Gasteiger partial charge in [0.1, 0.15) is 6.26 Å². The van der Waals surface area contributed by atoms with Gasteiger partial charge in [0.2, 0.25) is 5.89 Å². The summed E-state index contributed by atoms with van der Waals surface area (Å²) in [5, 5.41) is 3.63. The Bertz CT molecular complexity index is 644. The first-order chi connectivity index (χ1) is 11.8. The first-order valence-electron chi connectivity index (χ1n) is 8.78. The second-order valence-corrected chi connectivity index (χ2v) is 6.72. The number of nitrogens with zero attached hydrogens (tertiary/aromatic N) is 1. The number of hydrogen-bond acceptors (Lipinski definition) is 5. The smallest absolute Gasteiger partial charge is 0.226 e. The monoisotopic (exact) mass is 328 g/mol. The Morgan fingerprint density at radius 1 is 1.12 bits per heavy atom. The highest BCUT2D eigenvalue weighted by Gasteiger charge is 2.38. The van der Waals surface area contributed by atoms with Crippen LogP contribution in [0.2, 0.25) is 0 Å². The van der Waals surface area contributed by atoms with Crippen molar-refractivity contribution in [3.8, 4) is 11.5 Å². The third-order valence-electron chi connectivity index (χ3n) is 5.04. The Balaban J connectivity index is 1.34. The van der Waals surface area contributed by atoms with E-state index in [1.165, 1.54) is 0 Å². The predicted molar refractivity (Wildman–Crippen MR) is 90.5 cm³/mol. The van der Waals surface area contributed by atoms with Gasteiger partial charge in [-0.2, -0.15) is 0 Å². The molecule has 3 heterocycles. The zero-order chi connectivity index (χ0) is 16.2. The van der Waals surface area contributed by atoms with Crippen LogP contribution in [0, 0.1) is 0 Å². The molecular formula is C19H24N2O3. The van der Waals surface area contributed by atoms with Gasteiger partial charge in [-0.05, 0) is 37.8 Å². The number of ether oxygens (including phenoxy) is 2. The van der Waals surface area contributed by atoms with Crippen molar-refractivity contribution in [2.75, 3.05) is 19.8 Å². The number of benzene rings is 1. The maximum absolute atomic E-state index is 6.10. The van der Waals surface area contributed by atoms with Crippen molar-refractivity contribution in [3.05, 3.63) is 42.3 Å². The van der Waals surface area contributed by atoms with Gasteiger partial charge in [0.25, 0.3) is 0 Å². The fourth-order valence-corrected chi connectivity index (χ4v) is 3.64. The van der Waals surface area contributed by atoms with E-state index in [1.807, 2.05) is 30.3 Å². The van der Waals surface area contributed by atoms with Crippen LogP contribution in [-0.2, 0) is 16.0 Å². The van der Waals surface area contributed by atoms with Crippen LogP contribution in [-0.4, -0.2) is 36.4 Å². The van der Waals surface area contributed by atoms with Crippen LogP contribution in [0.4, 0.5) is 0 Å². The molecule has 0 aliphatic carbocycles. The topological polar surface area (TPSA) is 56.5 Å². The summed E-state index contributed by atoms with van der Waals surface area (Å²) < 4.78 is 17.2. The second-order valence-electron chi connectivity index (χ2n) is 6.72. The molecule has 1 aromatic heterocycles. The molecule has 24 heavy (non-hydrogen) atoms. The van der Waals surface area contributed by atoms with Gasteiger partial charge in [0.05, 0.1) is 11.3 Å². The van der Waals surface area contributed by atoms with Crippen molar-refractivity contribution in [2.24, 2.45) is 0 Å². The lowest BCUT2D eigenvalue weighted by molar-refractivity contribution is -0.140. The minimum absolute atomic E-state index is 0.0210. The van der Waals surface area contributed by atoms with Crippen molar-refractivity contribution < 1.29 is 13.9 Å². The molecule has 0 saturated carbocycles. The predicted octanol–water partition coefficient (Wildman–Crippen LogP) is 3.16. The molecule has 2 aliphatic heterocycles. The van der Waals surface area contributed by atoms with Crippen molar-refractivity contribution >= 4 is 0 Å². The Labute approximate surface area is 142 Å².